The number of rotatable bonds is 12. The number of hydrogen-bond acceptors (Lipinski definition) is 6. The summed E-state index contributed by atoms with van der Waals surface area (Å²) in [6.07, 6.45) is 3.26. The predicted molar refractivity (Wildman–Crippen MR) is 108 cm³/mol. The summed E-state index contributed by atoms with van der Waals surface area (Å²) in [6, 6.07) is 3.32. The van der Waals surface area contributed by atoms with E-state index in [2.05, 4.69) is 15.2 Å². The molecule has 1 saturated carbocycles. The van der Waals surface area contributed by atoms with E-state index in [0.717, 1.165) is 18.8 Å². The summed E-state index contributed by atoms with van der Waals surface area (Å²) in [7, 11) is 1.71. The van der Waals surface area contributed by atoms with Gasteiger partial charge in [0.2, 0.25) is 5.88 Å². The van der Waals surface area contributed by atoms with Gasteiger partial charge in [-0.25, -0.2) is 9.37 Å². The molecule has 1 amide bonds. The monoisotopic (exact) mass is 409 g/mol. The van der Waals surface area contributed by atoms with Crippen molar-refractivity contribution >= 4 is 11.6 Å². The topological polar surface area (TPSA) is 72.9 Å². The maximum absolute atomic E-state index is 12.8. The summed E-state index contributed by atoms with van der Waals surface area (Å²) in [6.45, 7) is 5.54. The minimum absolute atomic E-state index is 0.135. The number of carbonyl (C=O) groups excluding carboxylic acids is 1. The van der Waals surface area contributed by atoms with Crippen LogP contribution in [0.1, 0.15) is 43.6 Å². The number of methoxy groups -OCH3 is 1. The van der Waals surface area contributed by atoms with Crippen molar-refractivity contribution in [3.05, 3.63) is 17.8 Å². The van der Waals surface area contributed by atoms with E-state index in [0.29, 0.717) is 30.7 Å². The fourth-order valence-electron chi connectivity index (χ4n) is 3.36. The van der Waals surface area contributed by atoms with Crippen LogP contribution in [0.5, 0.6) is 5.88 Å². The molecule has 2 heterocycles. The first-order chi connectivity index (χ1) is 14.0. The number of carbonyl (C=O) groups is 1. The molecule has 3 rings (SSSR count). The first-order valence-corrected chi connectivity index (χ1v) is 10.4. The van der Waals surface area contributed by atoms with Gasteiger partial charge in [0.1, 0.15) is 11.4 Å². The van der Waals surface area contributed by atoms with E-state index in [1.54, 1.807) is 13.2 Å². The number of ether oxygens (including phenoxy) is 3. The van der Waals surface area contributed by atoms with Crippen molar-refractivity contribution in [2.45, 2.75) is 45.3 Å². The number of nitrogens with one attached hydrogen (secondary N) is 1. The van der Waals surface area contributed by atoms with Crippen LogP contribution >= 0.6 is 0 Å². The van der Waals surface area contributed by atoms with E-state index in [1.165, 1.54) is 12.8 Å². The fourth-order valence-corrected chi connectivity index (χ4v) is 3.36. The second kappa shape index (κ2) is 10.2. The molecule has 8 heteroatoms. The van der Waals surface area contributed by atoms with Crippen LogP contribution in [0.15, 0.2) is 12.1 Å². The fraction of sp³-hybridized carbons (Fsp3) is 0.714. The van der Waals surface area contributed by atoms with Crippen LogP contribution in [0.25, 0.3) is 0 Å². The normalized spacial score (nSPS) is 17.9. The Labute approximate surface area is 171 Å². The molecule has 162 valence electrons. The number of anilines is 1. The van der Waals surface area contributed by atoms with Crippen molar-refractivity contribution in [3.8, 4) is 5.88 Å². The van der Waals surface area contributed by atoms with E-state index in [-0.39, 0.29) is 30.4 Å². The van der Waals surface area contributed by atoms with Crippen LogP contribution in [-0.4, -0.2) is 63.3 Å². The number of hydrogen-bond donors (Lipinski definition) is 1. The van der Waals surface area contributed by atoms with Gasteiger partial charge in [-0.1, -0.05) is 13.8 Å². The van der Waals surface area contributed by atoms with Crippen LogP contribution in [0.3, 0.4) is 0 Å². The van der Waals surface area contributed by atoms with Gasteiger partial charge in [0, 0.05) is 20.2 Å². The third-order valence-electron chi connectivity index (χ3n) is 5.23. The summed E-state index contributed by atoms with van der Waals surface area (Å²) < 4.78 is 28.6. The van der Waals surface area contributed by atoms with Crippen molar-refractivity contribution in [2.75, 3.05) is 45.2 Å². The molecule has 1 aromatic rings. The SMILES string of the molecule is COC1CN(c2ccc(C(=O)NC(COCF)CC(C)C)nc2OCC2CC2)C1. The Balaban J connectivity index is 1.69. The second-order valence-electron chi connectivity index (χ2n) is 8.32. The van der Waals surface area contributed by atoms with Crippen molar-refractivity contribution in [3.63, 3.8) is 0 Å². The van der Waals surface area contributed by atoms with Gasteiger partial charge >= 0.3 is 0 Å². The average molecular weight is 410 g/mol. The molecule has 1 saturated heterocycles. The van der Waals surface area contributed by atoms with Crippen molar-refractivity contribution in [2.24, 2.45) is 11.8 Å². The maximum atomic E-state index is 12.8. The minimum atomic E-state index is -0.866. The third-order valence-corrected chi connectivity index (χ3v) is 5.23. The van der Waals surface area contributed by atoms with Gasteiger partial charge in [0.15, 0.2) is 6.86 Å². The van der Waals surface area contributed by atoms with E-state index in [9.17, 15) is 9.18 Å². The molecular weight excluding hydrogens is 377 g/mol. The Morgan fingerprint density at radius 3 is 2.72 bits per heavy atom. The summed E-state index contributed by atoms with van der Waals surface area (Å²) in [5.74, 6) is 1.11. The van der Waals surface area contributed by atoms with Gasteiger partial charge in [-0.2, -0.15) is 0 Å². The zero-order chi connectivity index (χ0) is 20.8. The van der Waals surface area contributed by atoms with Gasteiger partial charge in [-0.3, -0.25) is 4.79 Å². The Bertz CT molecular complexity index is 678. The number of halogens is 1. The lowest BCUT2D eigenvalue weighted by atomic mass is 10.0. The lowest BCUT2D eigenvalue weighted by Gasteiger charge is -2.40. The number of nitrogens with zero attached hydrogens (tertiary/aromatic N) is 2. The Morgan fingerprint density at radius 1 is 1.34 bits per heavy atom. The predicted octanol–water partition coefficient (Wildman–Crippen LogP) is 2.79. The van der Waals surface area contributed by atoms with Crippen molar-refractivity contribution in [1.29, 1.82) is 0 Å². The molecule has 1 aliphatic heterocycles. The van der Waals surface area contributed by atoms with Gasteiger partial charge in [0.25, 0.3) is 5.91 Å². The summed E-state index contributed by atoms with van der Waals surface area (Å²) in [5, 5.41) is 2.91. The minimum Gasteiger partial charge on any atom is -0.476 e. The van der Waals surface area contributed by atoms with Gasteiger partial charge in [-0.05, 0) is 43.2 Å². The Kier molecular flexibility index (Phi) is 7.66. The number of alkyl halides is 1. The third kappa shape index (κ3) is 6.27. The highest BCUT2D eigenvalue weighted by Gasteiger charge is 2.31. The summed E-state index contributed by atoms with van der Waals surface area (Å²) in [4.78, 5) is 19.4. The zero-order valence-electron chi connectivity index (χ0n) is 17.5. The molecule has 1 N–H and O–H groups in total. The standard InChI is InChI=1S/C21H32FN3O4/c1-14(2)8-16(12-28-13-22)23-20(26)18-6-7-19(25-9-17(10-25)27-3)21(24-18)29-11-15-4-5-15/h6-7,14-17H,4-5,8-13H2,1-3H3,(H,23,26). The smallest absolute Gasteiger partial charge is 0.270 e. The van der Waals surface area contributed by atoms with Gasteiger partial charge in [0.05, 0.1) is 25.4 Å². The average Bonchev–Trinajstić information content (AvgIpc) is 3.48. The molecule has 0 aromatic carbocycles. The molecule has 2 fully saturated rings. The quantitative estimate of drug-likeness (QED) is 0.572. The number of pyridine rings is 1. The van der Waals surface area contributed by atoms with Crippen LogP contribution in [0, 0.1) is 11.8 Å². The lowest BCUT2D eigenvalue weighted by Crippen LogP contribution is -2.52. The second-order valence-corrected chi connectivity index (χ2v) is 8.32. The highest BCUT2D eigenvalue weighted by atomic mass is 19.1. The van der Waals surface area contributed by atoms with Gasteiger partial charge in [-0.15, -0.1) is 0 Å². The number of amides is 1. The zero-order valence-corrected chi connectivity index (χ0v) is 17.5. The van der Waals surface area contributed by atoms with E-state index in [1.807, 2.05) is 19.9 Å². The van der Waals surface area contributed by atoms with Gasteiger partial charge < -0.3 is 24.4 Å². The van der Waals surface area contributed by atoms with E-state index < -0.39 is 6.86 Å². The summed E-state index contributed by atoms with van der Waals surface area (Å²) >= 11 is 0. The molecular formula is C21H32FN3O4. The molecule has 0 radical (unpaired) electrons. The van der Waals surface area contributed by atoms with Crippen LogP contribution in [-0.2, 0) is 9.47 Å². The largest absolute Gasteiger partial charge is 0.476 e. The van der Waals surface area contributed by atoms with E-state index in [4.69, 9.17) is 14.2 Å². The van der Waals surface area contributed by atoms with E-state index >= 15 is 0 Å². The molecule has 1 aromatic heterocycles. The molecule has 2 aliphatic rings. The first kappa shape index (κ1) is 21.8. The Hall–Kier alpha value is -1.93. The highest BCUT2D eigenvalue weighted by Crippen LogP contribution is 2.34. The highest BCUT2D eigenvalue weighted by molar-refractivity contribution is 5.93. The maximum Gasteiger partial charge on any atom is 0.270 e. The molecule has 1 aliphatic carbocycles. The number of aromatic nitrogens is 1. The van der Waals surface area contributed by atoms with Crippen molar-refractivity contribution in [1.82, 2.24) is 10.3 Å². The lowest BCUT2D eigenvalue weighted by molar-refractivity contribution is 0.0385. The summed E-state index contributed by atoms with van der Waals surface area (Å²) in [5.41, 5.74) is 1.17. The molecule has 1 atom stereocenters. The molecule has 0 bridgehead atoms. The van der Waals surface area contributed by atoms with Crippen LogP contribution < -0.4 is 15.0 Å². The molecule has 0 spiro atoms. The Morgan fingerprint density at radius 2 is 2.10 bits per heavy atom. The van der Waals surface area contributed by atoms with Crippen LogP contribution in [0.2, 0.25) is 0 Å². The molecule has 29 heavy (non-hydrogen) atoms. The molecule has 1 unspecified atom stereocenters. The molecule has 7 nitrogen and oxygen atoms in total. The van der Waals surface area contributed by atoms with Crippen molar-refractivity contribution < 1.29 is 23.4 Å². The first-order valence-electron chi connectivity index (χ1n) is 10.4. The van der Waals surface area contributed by atoms with Crippen LogP contribution in [0.4, 0.5) is 10.1 Å².